The Labute approximate surface area is 178 Å². The average Bonchev–Trinajstić information content (AvgIpc) is 3.16. The minimum absolute atomic E-state index is 0. The van der Waals surface area contributed by atoms with Gasteiger partial charge >= 0.3 is 0 Å². The molecule has 0 spiro atoms. The lowest BCUT2D eigenvalue weighted by Gasteiger charge is -2.33. The minimum atomic E-state index is 0. The maximum absolute atomic E-state index is 5.31. The van der Waals surface area contributed by atoms with Crippen molar-refractivity contribution in [1.82, 2.24) is 20.8 Å². The summed E-state index contributed by atoms with van der Waals surface area (Å²) in [5, 5.41) is 10.9. The van der Waals surface area contributed by atoms with Crippen LogP contribution in [-0.2, 0) is 13.0 Å². The second kappa shape index (κ2) is 11.1. The lowest BCUT2D eigenvalue weighted by Crippen LogP contribution is -2.48. The highest BCUT2D eigenvalue weighted by atomic mass is 127. The Hall–Kier alpha value is -1.84. The topological polar surface area (TPSA) is 78.6 Å². The zero-order valence-corrected chi connectivity index (χ0v) is 18.3. The van der Waals surface area contributed by atoms with E-state index in [1.807, 2.05) is 24.4 Å². The summed E-state index contributed by atoms with van der Waals surface area (Å²) in [6.45, 7) is 7.45. The molecule has 0 radical (unpaired) electrons. The Bertz CT molecular complexity index is 697. The normalized spacial score (nSPS) is 15.3. The van der Waals surface area contributed by atoms with Crippen LogP contribution in [0, 0.1) is 0 Å². The first-order valence-corrected chi connectivity index (χ1v) is 9.43. The van der Waals surface area contributed by atoms with Crippen molar-refractivity contribution in [3.05, 3.63) is 41.9 Å². The van der Waals surface area contributed by atoms with Crippen molar-refractivity contribution in [1.29, 1.82) is 0 Å². The third kappa shape index (κ3) is 6.37. The number of piperidine rings is 1. The molecule has 3 rings (SSSR count). The summed E-state index contributed by atoms with van der Waals surface area (Å²) in [6, 6.07) is 8.44. The molecule has 1 aliphatic heterocycles. The zero-order chi connectivity index (χ0) is 18.2. The van der Waals surface area contributed by atoms with E-state index in [1.54, 1.807) is 0 Å². The van der Waals surface area contributed by atoms with Gasteiger partial charge in [-0.2, -0.15) is 0 Å². The van der Waals surface area contributed by atoms with Gasteiger partial charge in [-0.3, -0.25) is 0 Å². The van der Waals surface area contributed by atoms with Crippen LogP contribution in [0.25, 0.3) is 0 Å². The van der Waals surface area contributed by atoms with Gasteiger partial charge in [0.05, 0.1) is 5.69 Å². The molecule has 1 saturated heterocycles. The van der Waals surface area contributed by atoms with E-state index in [9.17, 15) is 0 Å². The highest BCUT2D eigenvalue weighted by molar-refractivity contribution is 14.0. The third-order valence-electron chi connectivity index (χ3n) is 4.52. The summed E-state index contributed by atoms with van der Waals surface area (Å²) in [4.78, 5) is 11.4. The van der Waals surface area contributed by atoms with E-state index in [0.29, 0.717) is 12.6 Å². The lowest BCUT2D eigenvalue weighted by atomic mass is 10.1. The SMILES string of the molecule is CCNC(=NCc1cc(CC)no1)NC1CCN(c2ccccn2)CC1.I. The second-order valence-corrected chi connectivity index (χ2v) is 6.43. The predicted octanol–water partition coefficient (Wildman–Crippen LogP) is 2.97. The van der Waals surface area contributed by atoms with Gasteiger partial charge in [-0.1, -0.05) is 18.1 Å². The van der Waals surface area contributed by atoms with Crippen molar-refractivity contribution >= 4 is 35.8 Å². The summed E-state index contributed by atoms with van der Waals surface area (Å²) in [7, 11) is 0. The van der Waals surface area contributed by atoms with Crippen LogP contribution in [0.4, 0.5) is 5.82 Å². The number of anilines is 1. The zero-order valence-electron chi connectivity index (χ0n) is 16.0. The molecule has 0 saturated carbocycles. The number of aryl methyl sites for hydroxylation is 1. The summed E-state index contributed by atoms with van der Waals surface area (Å²) >= 11 is 0. The highest BCUT2D eigenvalue weighted by Crippen LogP contribution is 2.17. The Kier molecular flexibility index (Phi) is 8.83. The first-order chi connectivity index (χ1) is 12.8. The van der Waals surface area contributed by atoms with Crippen molar-refractivity contribution in [3.63, 3.8) is 0 Å². The Morgan fingerprint density at radius 1 is 1.30 bits per heavy atom. The number of nitrogens with one attached hydrogen (secondary N) is 2. The van der Waals surface area contributed by atoms with Crippen LogP contribution in [-0.4, -0.2) is 41.8 Å². The number of hydrogen-bond acceptors (Lipinski definition) is 5. The van der Waals surface area contributed by atoms with Crippen molar-refractivity contribution in [2.75, 3.05) is 24.5 Å². The van der Waals surface area contributed by atoms with Crippen LogP contribution < -0.4 is 15.5 Å². The van der Waals surface area contributed by atoms with Gasteiger partial charge in [-0.15, -0.1) is 24.0 Å². The van der Waals surface area contributed by atoms with E-state index in [2.05, 4.69) is 50.6 Å². The van der Waals surface area contributed by atoms with Crippen LogP contribution in [0.15, 0.2) is 40.0 Å². The van der Waals surface area contributed by atoms with E-state index >= 15 is 0 Å². The number of halogens is 1. The molecule has 2 aromatic rings. The molecule has 0 aromatic carbocycles. The molecule has 0 aliphatic carbocycles. The first kappa shape index (κ1) is 21.5. The number of guanidine groups is 1. The largest absolute Gasteiger partial charge is 0.359 e. The van der Waals surface area contributed by atoms with Crippen molar-refractivity contribution in [2.24, 2.45) is 4.99 Å². The monoisotopic (exact) mass is 484 g/mol. The fourth-order valence-electron chi connectivity index (χ4n) is 3.06. The van der Waals surface area contributed by atoms with Gasteiger partial charge in [0.2, 0.25) is 0 Å². The maximum atomic E-state index is 5.31. The molecule has 148 valence electrons. The fourth-order valence-corrected chi connectivity index (χ4v) is 3.06. The Morgan fingerprint density at radius 2 is 2.11 bits per heavy atom. The van der Waals surface area contributed by atoms with Gasteiger partial charge < -0.3 is 20.1 Å². The molecule has 0 bridgehead atoms. The molecule has 7 nitrogen and oxygen atoms in total. The number of rotatable bonds is 6. The highest BCUT2D eigenvalue weighted by Gasteiger charge is 2.20. The van der Waals surface area contributed by atoms with E-state index in [-0.39, 0.29) is 24.0 Å². The Balaban J connectivity index is 0.00000261. The molecule has 0 amide bonds. The van der Waals surface area contributed by atoms with Gasteiger partial charge in [0.25, 0.3) is 0 Å². The van der Waals surface area contributed by atoms with Crippen LogP contribution in [0.3, 0.4) is 0 Å². The van der Waals surface area contributed by atoms with Crippen LogP contribution in [0.2, 0.25) is 0 Å². The van der Waals surface area contributed by atoms with Gasteiger partial charge in [0.1, 0.15) is 12.4 Å². The summed E-state index contributed by atoms with van der Waals surface area (Å²) < 4.78 is 5.31. The van der Waals surface area contributed by atoms with Crippen LogP contribution in [0.1, 0.15) is 38.1 Å². The van der Waals surface area contributed by atoms with Gasteiger partial charge in [-0.25, -0.2) is 9.98 Å². The number of pyridine rings is 1. The standard InChI is InChI=1S/C19H28N6O.HI/c1-3-15-13-17(26-24-15)14-22-19(20-4-2)23-16-8-11-25(12-9-16)18-7-5-6-10-21-18;/h5-7,10,13,16H,3-4,8-9,11-12,14H2,1-2H3,(H2,20,22,23);1H. The number of aromatic nitrogens is 2. The molecule has 0 atom stereocenters. The smallest absolute Gasteiger partial charge is 0.191 e. The molecule has 0 unspecified atom stereocenters. The summed E-state index contributed by atoms with van der Waals surface area (Å²) in [5.74, 6) is 2.69. The molecular formula is C19H29IN6O. The molecule has 8 heteroatoms. The van der Waals surface area contributed by atoms with Gasteiger partial charge in [0, 0.05) is 37.9 Å². The van der Waals surface area contributed by atoms with E-state index in [4.69, 9.17) is 4.52 Å². The van der Waals surface area contributed by atoms with Gasteiger partial charge in [0.15, 0.2) is 11.7 Å². The summed E-state index contributed by atoms with van der Waals surface area (Å²) in [6.07, 6.45) is 4.84. The number of aliphatic imine (C=N–C) groups is 1. The third-order valence-corrected chi connectivity index (χ3v) is 4.52. The maximum Gasteiger partial charge on any atom is 0.191 e. The van der Waals surface area contributed by atoms with Crippen molar-refractivity contribution in [2.45, 2.75) is 45.7 Å². The molecule has 1 aliphatic rings. The van der Waals surface area contributed by atoms with Crippen LogP contribution >= 0.6 is 24.0 Å². The second-order valence-electron chi connectivity index (χ2n) is 6.43. The quantitative estimate of drug-likeness (QED) is 0.373. The number of hydrogen-bond donors (Lipinski definition) is 2. The lowest BCUT2D eigenvalue weighted by molar-refractivity contribution is 0.379. The molecular weight excluding hydrogens is 455 g/mol. The number of nitrogens with zero attached hydrogens (tertiary/aromatic N) is 4. The fraction of sp³-hybridized carbons (Fsp3) is 0.526. The molecule has 2 N–H and O–H groups in total. The van der Waals surface area contributed by atoms with Gasteiger partial charge in [-0.05, 0) is 38.3 Å². The molecule has 2 aromatic heterocycles. The van der Waals surface area contributed by atoms with E-state index in [0.717, 1.165) is 62.1 Å². The first-order valence-electron chi connectivity index (χ1n) is 9.43. The summed E-state index contributed by atoms with van der Waals surface area (Å²) in [5.41, 5.74) is 0.968. The van der Waals surface area contributed by atoms with Crippen LogP contribution in [0.5, 0.6) is 0 Å². The average molecular weight is 484 g/mol. The minimum Gasteiger partial charge on any atom is -0.359 e. The molecule has 1 fully saturated rings. The Morgan fingerprint density at radius 3 is 2.74 bits per heavy atom. The predicted molar refractivity (Wildman–Crippen MR) is 119 cm³/mol. The van der Waals surface area contributed by atoms with Crippen molar-refractivity contribution < 1.29 is 4.52 Å². The van der Waals surface area contributed by atoms with Crippen molar-refractivity contribution in [3.8, 4) is 0 Å². The van der Waals surface area contributed by atoms with E-state index < -0.39 is 0 Å². The van der Waals surface area contributed by atoms with E-state index in [1.165, 1.54) is 0 Å². The molecule has 3 heterocycles. The molecule has 27 heavy (non-hydrogen) atoms.